The van der Waals surface area contributed by atoms with Crippen LogP contribution in [0, 0.1) is 0 Å². The van der Waals surface area contributed by atoms with Crippen molar-refractivity contribution in [1.82, 2.24) is 4.90 Å². The fraction of sp³-hybridized carbons (Fsp3) is 0.500. The highest BCUT2D eigenvalue weighted by atomic mass is 79.9. The summed E-state index contributed by atoms with van der Waals surface area (Å²) in [5.41, 5.74) is 1.17. The molecule has 0 unspecified atom stereocenters. The van der Waals surface area contributed by atoms with Crippen LogP contribution < -0.4 is 4.74 Å². The summed E-state index contributed by atoms with van der Waals surface area (Å²) < 4.78 is 5.85. The minimum atomic E-state index is 0.172. The Kier molecular flexibility index (Phi) is 4.59. The van der Waals surface area contributed by atoms with E-state index in [1.54, 1.807) is 7.11 Å². The predicted molar refractivity (Wildman–Crippen MR) is 75.0 cm³/mol. The van der Waals surface area contributed by atoms with Crippen LogP contribution in [0.3, 0.4) is 0 Å². The van der Waals surface area contributed by atoms with Gasteiger partial charge in [0.05, 0.1) is 11.6 Å². The molecule has 0 bridgehead atoms. The van der Waals surface area contributed by atoms with Crippen LogP contribution in [0.1, 0.15) is 5.56 Å². The van der Waals surface area contributed by atoms with E-state index in [0.29, 0.717) is 10.2 Å². The molecule has 1 aliphatic rings. The van der Waals surface area contributed by atoms with Crippen LogP contribution in [-0.2, 0) is 6.54 Å². The van der Waals surface area contributed by atoms with Crippen molar-refractivity contribution in [1.29, 1.82) is 0 Å². The molecule has 17 heavy (non-hydrogen) atoms. The first-order chi connectivity index (χ1) is 8.20. The zero-order valence-corrected chi connectivity index (χ0v) is 12.2. The van der Waals surface area contributed by atoms with Crippen LogP contribution in [0.15, 0.2) is 16.6 Å². The number of ether oxygens (including phenoxy) is 1. The number of methoxy groups -OCH3 is 1. The third-order valence-corrected chi connectivity index (χ3v) is 4.37. The fourth-order valence-electron chi connectivity index (χ4n) is 1.89. The lowest BCUT2D eigenvalue weighted by Crippen LogP contribution is -2.31. The first-order valence-electron chi connectivity index (χ1n) is 5.56. The Morgan fingerprint density at radius 2 is 2.12 bits per heavy atom. The zero-order valence-electron chi connectivity index (χ0n) is 9.78. The van der Waals surface area contributed by atoms with E-state index in [2.05, 4.69) is 20.8 Å². The van der Waals surface area contributed by atoms with Crippen molar-refractivity contribution in [3.8, 4) is 11.5 Å². The molecule has 94 valence electrons. The smallest absolute Gasteiger partial charge is 0.172 e. The largest absolute Gasteiger partial charge is 0.503 e. The van der Waals surface area contributed by atoms with Crippen molar-refractivity contribution in [3.05, 3.63) is 22.2 Å². The van der Waals surface area contributed by atoms with Gasteiger partial charge in [0.2, 0.25) is 0 Å². The van der Waals surface area contributed by atoms with Gasteiger partial charge >= 0.3 is 0 Å². The number of nitrogens with zero attached hydrogens (tertiary/aromatic N) is 1. The summed E-state index contributed by atoms with van der Waals surface area (Å²) in [5, 5.41) is 9.74. The highest BCUT2D eigenvalue weighted by molar-refractivity contribution is 9.10. The molecule has 1 N–H and O–H groups in total. The molecule has 3 nitrogen and oxygen atoms in total. The molecule has 0 spiro atoms. The molecule has 0 aliphatic carbocycles. The van der Waals surface area contributed by atoms with Gasteiger partial charge < -0.3 is 9.84 Å². The quantitative estimate of drug-likeness (QED) is 0.929. The number of halogens is 1. The number of benzene rings is 1. The van der Waals surface area contributed by atoms with E-state index >= 15 is 0 Å². The molecule has 0 amide bonds. The van der Waals surface area contributed by atoms with Crippen LogP contribution in [0.5, 0.6) is 11.5 Å². The minimum absolute atomic E-state index is 0.172. The monoisotopic (exact) mass is 317 g/mol. The minimum Gasteiger partial charge on any atom is -0.503 e. The van der Waals surface area contributed by atoms with Gasteiger partial charge in [-0.05, 0) is 33.6 Å². The van der Waals surface area contributed by atoms with Gasteiger partial charge in [0, 0.05) is 31.1 Å². The summed E-state index contributed by atoms with van der Waals surface area (Å²) >= 11 is 5.36. The SMILES string of the molecule is COc1cc(CN2CCSCC2)cc(Br)c1O. The maximum absolute atomic E-state index is 9.74. The summed E-state index contributed by atoms with van der Waals surface area (Å²) in [6.07, 6.45) is 0. The summed E-state index contributed by atoms with van der Waals surface area (Å²) in [7, 11) is 1.57. The van der Waals surface area contributed by atoms with Gasteiger partial charge in [-0.1, -0.05) is 0 Å². The van der Waals surface area contributed by atoms with Crippen molar-refractivity contribution < 1.29 is 9.84 Å². The Hall–Kier alpha value is -0.390. The summed E-state index contributed by atoms with van der Waals surface area (Å²) in [5.74, 6) is 3.11. The van der Waals surface area contributed by atoms with E-state index in [1.807, 2.05) is 23.9 Å². The number of phenolic OH excluding ortho intramolecular Hbond substituents is 1. The van der Waals surface area contributed by atoms with Crippen LogP contribution in [0.4, 0.5) is 0 Å². The molecule has 0 radical (unpaired) electrons. The molecule has 0 atom stereocenters. The third-order valence-electron chi connectivity index (χ3n) is 2.82. The fourth-order valence-corrected chi connectivity index (χ4v) is 3.36. The van der Waals surface area contributed by atoms with Crippen molar-refractivity contribution in [3.63, 3.8) is 0 Å². The van der Waals surface area contributed by atoms with Crippen LogP contribution in [0.2, 0.25) is 0 Å². The van der Waals surface area contributed by atoms with Gasteiger partial charge in [-0.3, -0.25) is 4.90 Å². The Bertz CT molecular complexity index is 394. The third kappa shape index (κ3) is 3.30. The summed E-state index contributed by atoms with van der Waals surface area (Å²) in [6, 6.07) is 3.86. The lowest BCUT2D eigenvalue weighted by Gasteiger charge is -2.26. The number of thioether (sulfide) groups is 1. The number of hydrogen-bond donors (Lipinski definition) is 1. The van der Waals surface area contributed by atoms with Gasteiger partial charge in [-0.25, -0.2) is 0 Å². The molecule has 1 saturated heterocycles. The molecule has 0 aromatic heterocycles. The van der Waals surface area contributed by atoms with Crippen molar-refractivity contribution >= 4 is 27.7 Å². The van der Waals surface area contributed by atoms with E-state index in [-0.39, 0.29) is 5.75 Å². The second kappa shape index (κ2) is 5.98. The number of aromatic hydroxyl groups is 1. The Morgan fingerprint density at radius 3 is 2.76 bits per heavy atom. The summed E-state index contributed by atoms with van der Waals surface area (Å²) in [6.45, 7) is 3.17. The topological polar surface area (TPSA) is 32.7 Å². The van der Waals surface area contributed by atoms with Gasteiger partial charge in [0.1, 0.15) is 0 Å². The Balaban J connectivity index is 2.12. The molecular weight excluding hydrogens is 302 g/mol. The predicted octanol–water partition coefficient (Wildman–Crippen LogP) is 2.71. The number of phenols is 1. The van der Waals surface area contributed by atoms with Gasteiger partial charge in [0.25, 0.3) is 0 Å². The molecule has 1 aromatic carbocycles. The van der Waals surface area contributed by atoms with E-state index in [0.717, 1.165) is 19.6 Å². The summed E-state index contributed by atoms with van der Waals surface area (Å²) in [4.78, 5) is 2.43. The van der Waals surface area contributed by atoms with Crippen molar-refractivity contribution in [2.24, 2.45) is 0 Å². The van der Waals surface area contributed by atoms with E-state index in [4.69, 9.17) is 4.74 Å². The molecule has 1 aliphatic heterocycles. The van der Waals surface area contributed by atoms with E-state index < -0.39 is 0 Å². The molecule has 1 heterocycles. The first-order valence-corrected chi connectivity index (χ1v) is 7.51. The van der Waals surface area contributed by atoms with Gasteiger partial charge in [-0.15, -0.1) is 0 Å². The van der Waals surface area contributed by atoms with Gasteiger partial charge in [0.15, 0.2) is 11.5 Å². The second-order valence-corrected chi connectivity index (χ2v) is 6.10. The maximum atomic E-state index is 9.74. The van der Waals surface area contributed by atoms with Crippen molar-refractivity contribution in [2.75, 3.05) is 31.7 Å². The second-order valence-electron chi connectivity index (χ2n) is 4.02. The number of hydrogen-bond acceptors (Lipinski definition) is 4. The van der Waals surface area contributed by atoms with Crippen molar-refractivity contribution in [2.45, 2.75) is 6.54 Å². The normalized spacial score (nSPS) is 17.1. The highest BCUT2D eigenvalue weighted by Gasteiger charge is 2.13. The standard InChI is InChI=1S/C12H16BrNO2S/c1-16-11-7-9(6-10(13)12(11)15)8-14-2-4-17-5-3-14/h6-7,15H,2-5,8H2,1H3. The zero-order chi connectivity index (χ0) is 12.3. The van der Waals surface area contributed by atoms with Crippen LogP contribution >= 0.6 is 27.7 Å². The Labute approximate surface area is 114 Å². The lowest BCUT2D eigenvalue weighted by atomic mass is 10.2. The molecule has 5 heteroatoms. The Morgan fingerprint density at radius 1 is 1.41 bits per heavy atom. The van der Waals surface area contributed by atoms with Crippen LogP contribution in [-0.4, -0.2) is 41.7 Å². The molecule has 0 saturated carbocycles. The lowest BCUT2D eigenvalue weighted by molar-refractivity contribution is 0.293. The average molecular weight is 318 g/mol. The molecule has 1 fully saturated rings. The number of rotatable bonds is 3. The highest BCUT2D eigenvalue weighted by Crippen LogP contribution is 2.35. The van der Waals surface area contributed by atoms with E-state index in [9.17, 15) is 5.11 Å². The van der Waals surface area contributed by atoms with Crippen LogP contribution in [0.25, 0.3) is 0 Å². The molecule has 1 aromatic rings. The van der Waals surface area contributed by atoms with E-state index in [1.165, 1.54) is 17.1 Å². The van der Waals surface area contributed by atoms with Gasteiger partial charge in [-0.2, -0.15) is 11.8 Å². The maximum Gasteiger partial charge on any atom is 0.172 e. The molecule has 2 rings (SSSR count). The average Bonchev–Trinajstić information content (AvgIpc) is 2.35. The first kappa shape index (κ1) is 13.1. The molecular formula is C12H16BrNO2S.